The van der Waals surface area contributed by atoms with Gasteiger partial charge in [-0.2, -0.15) is 0 Å². The first-order valence-electron chi connectivity index (χ1n) is 22.1. The summed E-state index contributed by atoms with van der Waals surface area (Å²) in [6.07, 6.45) is 9.67. The van der Waals surface area contributed by atoms with Gasteiger partial charge < -0.3 is 4.74 Å². The Kier molecular flexibility index (Phi) is 8.94. The topological polar surface area (TPSA) is 47.9 Å². The molecule has 12 rings (SSSR count). The third kappa shape index (κ3) is 6.09. The Balaban J connectivity index is 0.997. The molecule has 0 fully saturated rings. The van der Waals surface area contributed by atoms with E-state index in [1.54, 1.807) is 0 Å². The normalized spacial score (nSPS) is 16.6. The van der Waals surface area contributed by atoms with Crippen molar-refractivity contribution < 1.29 is 4.74 Å². The Bertz CT molecular complexity index is 3360. The highest BCUT2D eigenvalue weighted by molar-refractivity contribution is 5.97. The Morgan fingerprint density at radius 2 is 1.14 bits per heavy atom. The van der Waals surface area contributed by atoms with Crippen LogP contribution < -0.4 is 4.74 Å². The van der Waals surface area contributed by atoms with Crippen LogP contribution in [0.3, 0.4) is 0 Å². The molecule has 0 saturated heterocycles. The Labute approximate surface area is 374 Å². The van der Waals surface area contributed by atoms with Gasteiger partial charge in [-0.15, -0.1) is 0 Å². The molecule has 0 N–H and O–H groups in total. The highest BCUT2D eigenvalue weighted by Crippen LogP contribution is 2.64. The van der Waals surface area contributed by atoms with Crippen LogP contribution in [-0.2, 0) is 5.41 Å². The average Bonchev–Trinajstić information content (AvgIpc) is 3.65. The summed E-state index contributed by atoms with van der Waals surface area (Å²) in [5.41, 5.74) is 19.7. The number of rotatable bonds is 6. The Morgan fingerprint density at radius 3 is 1.92 bits per heavy atom. The lowest BCUT2D eigenvalue weighted by atomic mass is 9.65. The second-order valence-corrected chi connectivity index (χ2v) is 17.1. The fourth-order valence-corrected chi connectivity index (χ4v) is 10.4. The molecule has 2 unspecified atom stereocenters. The largest absolute Gasteiger partial charge is 0.456 e. The number of benzene rings is 7. The van der Waals surface area contributed by atoms with Crippen molar-refractivity contribution in [1.82, 2.24) is 15.0 Å². The number of ether oxygens (including phenoxy) is 1. The van der Waals surface area contributed by atoms with Crippen LogP contribution in [0.2, 0.25) is 0 Å². The lowest BCUT2D eigenvalue weighted by Gasteiger charge is -2.40. The third-order valence-corrected chi connectivity index (χ3v) is 13.3. The molecule has 4 heteroatoms. The highest BCUT2D eigenvalue weighted by atomic mass is 16.5. The smallest absolute Gasteiger partial charge is 0.163 e. The Hall–Kier alpha value is -7.95. The molecule has 0 radical (unpaired) electrons. The number of fused-ring (bicyclic) bond motifs is 9. The molecule has 1 spiro atoms. The van der Waals surface area contributed by atoms with Gasteiger partial charge in [-0.3, -0.25) is 4.98 Å². The SMILES string of the molecule is Cc1ccc(-c2cccc(-c3cccc(-c4cccc5c4-c4ccccc4C54c5ccccc5Oc5c(-c6nc(C)cc(C7C=CC(c8ccccc8)=CC7)n6)cccc54)c3)c2)cn1. The molecule has 2 aliphatic carbocycles. The van der Waals surface area contributed by atoms with E-state index in [1.165, 1.54) is 55.6 Å². The first-order valence-corrected chi connectivity index (χ1v) is 22.1. The summed E-state index contributed by atoms with van der Waals surface area (Å²) in [4.78, 5) is 15.0. The monoisotopic (exact) mass is 821 g/mol. The molecule has 9 aromatic rings. The van der Waals surface area contributed by atoms with E-state index in [2.05, 4.69) is 212 Å². The number of hydrogen-bond donors (Lipinski definition) is 0. The lowest BCUT2D eigenvalue weighted by Crippen LogP contribution is -2.32. The number of hydrogen-bond acceptors (Lipinski definition) is 4. The zero-order chi connectivity index (χ0) is 42.8. The first kappa shape index (κ1) is 37.8. The van der Waals surface area contributed by atoms with Gasteiger partial charge in [-0.05, 0) is 118 Å². The number of pyridine rings is 1. The van der Waals surface area contributed by atoms with Crippen molar-refractivity contribution in [2.75, 3.05) is 0 Å². The van der Waals surface area contributed by atoms with Gasteiger partial charge in [-0.25, -0.2) is 9.97 Å². The van der Waals surface area contributed by atoms with Crippen molar-refractivity contribution in [2.24, 2.45) is 0 Å². The lowest BCUT2D eigenvalue weighted by molar-refractivity contribution is 0.437. The number of allylic oxidation sites excluding steroid dienone is 4. The van der Waals surface area contributed by atoms with Crippen molar-refractivity contribution >= 4 is 5.57 Å². The van der Waals surface area contributed by atoms with Gasteiger partial charge in [0.25, 0.3) is 0 Å². The second-order valence-electron chi connectivity index (χ2n) is 17.1. The van der Waals surface area contributed by atoms with Gasteiger partial charge in [-0.1, -0.05) is 164 Å². The van der Waals surface area contributed by atoms with Gasteiger partial charge in [0.2, 0.25) is 0 Å². The molecule has 0 bridgehead atoms. The van der Waals surface area contributed by atoms with E-state index >= 15 is 0 Å². The maximum absolute atomic E-state index is 7.09. The molecule has 0 saturated carbocycles. The zero-order valence-electron chi connectivity index (χ0n) is 35.7. The minimum absolute atomic E-state index is 0.139. The van der Waals surface area contributed by atoms with Crippen LogP contribution >= 0.6 is 0 Å². The van der Waals surface area contributed by atoms with Gasteiger partial charge in [0.15, 0.2) is 5.82 Å². The molecule has 1 aliphatic heterocycles. The first-order chi connectivity index (χ1) is 31.5. The fraction of sp³-hybridized carbons (Fsp3) is 0.0833. The van der Waals surface area contributed by atoms with Gasteiger partial charge in [0, 0.05) is 40.2 Å². The standard InChI is InChI=1S/C60H43N3O/c1-38-28-29-47(37-61-38)45-18-10-16-43(35-45)44-17-11-19-46(36-44)48-21-12-25-53-57(48)49-20-6-7-23-51(49)60(53)52-24-8-9-27-56(52)64-58-50(22-13-26-54(58)60)59-62-39(2)34-55(63-59)42-32-30-41(31-33-42)40-14-4-3-5-15-40/h3-32,34-37,42H,33H2,1-2H3. The minimum Gasteiger partial charge on any atom is -0.456 e. The molecule has 3 heterocycles. The summed E-state index contributed by atoms with van der Waals surface area (Å²) >= 11 is 0. The quantitative estimate of drug-likeness (QED) is 0.168. The van der Waals surface area contributed by atoms with E-state index in [1.807, 2.05) is 13.1 Å². The molecule has 2 atom stereocenters. The van der Waals surface area contributed by atoms with E-state index in [0.717, 1.165) is 62.8 Å². The predicted molar refractivity (Wildman–Crippen MR) is 259 cm³/mol. The van der Waals surface area contributed by atoms with Crippen LogP contribution in [0.1, 0.15) is 57.2 Å². The summed E-state index contributed by atoms with van der Waals surface area (Å²) < 4.78 is 7.09. The highest BCUT2D eigenvalue weighted by Gasteiger charge is 2.52. The minimum atomic E-state index is -0.659. The molecule has 304 valence electrons. The average molecular weight is 822 g/mol. The maximum atomic E-state index is 7.09. The molecule has 3 aliphatic rings. The summed E-state index contributed by atoms with van der Waals surface area (Å²) in [7, 11) is 0. The van der Waals surface area contributed by atoms with Crippen molar-refractivity contribution in [3.05, 3.63) is 251 Å². The number of aryl methyl sites for hydroxylation is 2. The van der Waals surface area contributed by atoms with Crippen LogP contribution in [0.15, 0.2) is 206 Å². The van der Waals surface area contributed by atoms with E-state index < -0.39 is 5.41 Å². The third-order valence-electron chi connectivity index (χ3n) is 13.3. The molecular weight excluding hydrogens is 779 g/mol. The Morgan fingerprint density at radius 1 is 0.500 bits per heavy atom. The van der Waals surface area contributed by atoms with Gasteiger partial charge in [0.1, 0.15) is 11.5 Å². The van der Waals surface area contributed by atoms with Crippen LogP contribution in [0.4, 0.5) is 0 Å². The second kappa shape index (κ2) is 15.1. The van der Waals surface area contributed by atoms with E-state index in [4.69, 9.17) is 14.7 Å². The van der Waals surface area contributed by atoms with E-state index in [-0.39, 0.29) is 5.92 Å². The maximum Gasteiger partial charge on any atom is 0.163 e. The molecule has 0 amide bonds. The summed E-state index contributed by atoms with van der Waals surface area (Å²) in [5, 5.41) is 0. The number of aromatic nitrogens is 3. The van der Waals surface area contributed by atoms with Crippen molar-refractivity contribution in [3.8, 4) is 67.4 Å². The predicted octanol–water partition coefficient (Wildman–Crippen LogP) is 14.8. The van der Waals surface area contributed by atoms with Gasteiger partial charge >= 0.3 is 0 Å². The fourth-order valence-electron chi connectivity index (χ4n) is 10.4. The van der Waals surface area contributed by atoms with E-state index in [0.29, 0.717) is 5.82 Å². The van der Waals surface area contributed by atoms with Crippen molar-refractivity contribution in [3.63, 3.8) is 0 Å². The summed E-state index contributed by atoms with van der Waals surface area (Å²) in [5.74, 6) is 2.44. The number of para-hydroxylation sites is 2. The van der Waals surface area contributed by atoms with E-state index in [9.17, 15) is 0 Å². The van der Waals surface area contributed by atoms with Crippen molar-refractivity contribution in [2.45, 2.75) is 31.6 Å². The molecule has 2 aromatic heterocycles. The summed E-state index contributed by atoms with van der Waals surface area (Å²) in [6.45, 7) is 4.09. The van der Waals surface area contributed by atoms with Crippen LogP contribution in [0.5, 0.6) is 11.5 Å². The van der Waals surface area contributed by atoms with Crippen LogP contribution in [0.25, 0.3) is 61.5 Å². The number of nitrogens with zero attached hydrogens (tertiary/aromatic N) is 3. The zero-order valence-corrected chi connectivity index (χ0v) is 35.7. The van der Waals surface area contributed by atoms with Crippen molar-refractivity contribution in [1.29, 1.82) is 0 Å². The molecule has 64 heavy (non-hydrogen) atoms. The van der Waals surface area contributed by atoms with Crippen LogP contribution in [0, 0.1) is 13.8 Å². The molecular formula is C60H43N3O. The molecule has 7 aromatic carbocycles. The van der Waals surface area contributed by atoms with Crippen LogP contribution in [-0.4, -0.2) is 15.0 Å². The molecule has 4 nitrogen and oxygen atoms in total. The summed E-state index contributed by atoms with van der Waals surface area (Å²) in [6, 6.07) is 65.5. The van der Waals surface area contributed by atoms with Gasteiger partial charge in [0.05, 0.1) is 16.7 Å².